The van der Waals surface area contributed by atoms with Crippen LogP contribution >= 0.6 is 43.2 Å². The highest BCUT2D eigenvalue weighted by Crippen LogP contribution is 2.36. The van der Waals surface area contributed by atoms with Crippen LogP contribution in [0.4, 0.5) is 0 Å². The summed E-state index contributed by atoms with van der Waals surface area (Å²) >= 11 is 8.82. The second kappa shape index (κ2) is 6.84. The highest BCUT2D eigenvalue weighted by molar-refractivity contribution is 9.13. The lowest BCUT2D eigenvalue weighted by molar-refractivity contribution is 0.538. The van der Waals surface area contributed by atoms with E-state index in [1.165, 1.54) is 15.1 Å². The molecular formula is C11H15Br2NS. The molecule has 0 aliphatic heterocycles. The van der Waals surface area contributed by atoms with Gasteiger partial charge in [-0.15, -0.1) is 17.9 Å². The Morgan fingerprint density at radius 2 is 2.33 bits per heavy atom. The number of halogens is 2. The van der Waals surface area contributed by atoms with Crippen LogP contribution in [0.5, 0.6) is 0 Å². The van der Waals surface area contributed by atoms with Gasteiger partial charge in [0.1, 0.15) is 0 Å². The maximum Gasteiger partial charge on any atom is 0.0843 e. The van der Waals surface area contributed by atoms with Crippen LogP contribution in [0.25, 0.3) is 0 Å². The van der Waals surface area contributed by atoms with Crippen LogP contribution in [0.2, 0.25) is 0 Å². The summed E-state index contributed by atoms with van der Waals surface area (Å²) in [5, 5.41) is 3.35. The number of allylic oxidation sites excluding steroid dienone is 1. The zero-order chi connectivity index (χ0) is 11.3. The third-order valence-electron chi connectivity index (χ3n) is 2.26. The molecule has 1 atom stereocenters. The second-order valence-corrected chi connectivity index (χ2v) is 6.59. The molecule has 1 heterocycles. The lowest BCUT2D eigenvalue weighted by Crippen LogP contribution is -2.14. The first-order valence-electron chi connectivity index (χ1n) is 4.92. The van der Waals surface area contributed by atoms with Crippen molar-refractivity contribution in [1.82, 2.24) is 5.32 Å². The molecule has 0 radical (unpaired) electrons. The molecule has 0 amide bonds. The molecule has 84 valence electrons. The van der Waals surface area contributed by atoms with Gasteiger partial charge in [0.2, 0.25) is 0 Å². The molecule has 0 aliphatic rings. The minimum absolute atomic E-state index is 0.456. The molecule has 1 aromatic rings. The lowest BCUT2D eigenvalue weighted by Gasteiger charge is -2.13. The maximum atomic E-state index is 3.74. The molecule has 0 aromatic carbocycles. The monoisotopic (exact) mass is 351 g/mol. The number of hydrogen-bond acceptors (Lipinski definition) is 2. The molecule has 1 rings (SSSR count). The molecule has 0 aliphatic carbocycles. The Bertz CT molecular complexity index is 303. The number of rotatable bonds is 6. The summed E-state index contributed by atoms with van der Waals surface area (Å²) in [6.07, 6.45) is 5.41. The third-order valence-corrected chi connectivity index (χ3v) is 5.63. The Morgan fingerprint density at radius 3 is 2.80 bits per heavy atom. The van der Waals surface area contributed by atoms with Crippen molar-refractivity contribution < 1.29 is 0 Å². The van der Waals surface area contributed by atoms with Gasteiger partial charge >= 0.3 is 0 Å². The predicted octanol–water partition coefficient (Wildman–Crippen LogP) is 4.89. The first-order chi connectivity index (χ1) is 7.19. The third kappa shape index (κ3) is 4.02. The molecule has 0 bridgehead atoms. The van der Waals surface area contributed by atoms with Gasteiger partial charge in [0.25, 0.3) is 0 Å². The van der Waals surface area contributed by atoms with Crippen molar-refractivity contribution >= 4 is 43.2 Å². The van der Waals surface area contributed by atoms with Gasteiger partial charge in [-0.05, 0) is 64.2 Å². The van der Waals surface area contributed by atoms with Gasteiger partial charge < -0.3 is 5.32 Å². The van der Waals surface area contributed by atoms with Gasteiger partial charge in [-0.2, -0.15) is 0 Å². The molecule has 1 aromatic heterocycles. The van der Waals surface area contributed by atoms with Crippen molar-refractivity contribution in [3.8, 4) is 0 Å². The first-order valence-corrected chi connectivity index (χ1v) is 7.32. The summed E-state index contributed by atoms with van der Waals surface area (Å²) < 4.78 is 2.31. The Labute approximate surface area is 112 Å². The van der Waals surface area contributed by atoms with E-state index in [2.05, 4.69) is 49.8 Å². The van der Waals surface area contributed by atoms with Crippen molar-refractivity contribution in [3.63, 3.8) is 0 Å². The van der Waals surface area contributed by atoms with Crippen LogP contribution in [0.15, 0.2) is 27.0 Å². The molecule has 15 heavy (non-hydrogen) atoms. The van der Waals surface area contributed by atoms with Crippen molar-refractivity contribution in [3.05, 3.63) is 31.9 Å². The predicted molar refractivity (Wildman–Crippen MR) is 75.6 cm³/mol. The first kappa shape index (κ1) is 13.4. The summed E-state index contributed by atoms with van der Waals surface area (Å²) in [6, 6.07) is 2.64. The quantitative estimate of drug-likeness (QED) is 0.567. The van der Waals surface area contributed by atoms with Crippen LogP contribution in [-0.2, 0) is 0 Å². The van der Waals surface area contributed by atoms with Gasteiger partial charge in [-0.1, -0.05) is 6.08 Å². The summed E-state index contributed by atoms with van der Waals surface area (Å²) in [7, 11) is 2.01. The smallest absolute Gasteiger partial charge is 0.0843 e. The van der Waals surface area contributed by atoms with Gasteiger partial charge in [-0.25, -0.2) is 0 Å². The standard InChI is InChI=1S/C11H15Br2NS/c1-3-4-5-6-9(14-2)10-7-8(12)11(13)15-10/h3,7,9,14H,1,4-6H2,2H3. The van der Waals surface area contributed by atoms with E-state index in [9.17, 15) is 0 Å². The molecule has 1 N–H and O–H groups in total. The van der Waals surface area contributed by atoms with E-state index in [4.69, 9.17) is 0 Å². The molecule has 0 fully saturated rings. The van der Waals surface area contributed by atoms with E-state index in [1.54, 1.807) is 11.3 Å². The Morgan fingerprint density at radius 1 is 1.60 bits per heavy atom. The fourth-order valence-corrected chi connectivity index (χ4v) is 3.66. The molecule has 1 unspecified atom stereocenters. The van der Waals surface area contributed by atoms with Gasteiger partial charge in [0.15, 0.2) is 0 Å². The Balaban J connectivity index is 2.61. The zero-order valence-electron chi connectivity index (χ0n) is 8.72. The van der Waals surface area contributed by atoms with E-state index >= 15 is 0 Å². The number of hydrogen-bond donors (Lipinski definition) is 1. The van der Waals surface area contributed by atoms with Gasteiger partial charge in [0, 0.05) is 15.4 Å². The number of nitrogens with one attached hydrogen (secondary N) is 1. The largest absolute Gasteiger partial charge is 0.312 e. The minimum atomic E-state index is 0.456. The van der Waals surface area contributed by atoms with E-state index in [-0.39, 0.29) is 0 Å². The topological polar surface area (TPSA) is 12.0 Å². The molecule has 0 saturated carbocycles. The van der Waals surface area contributed by atoms with Crippen molar-refractivity contribution in [1.29, 1.82) is 0 Å². The average Bonchev–Trinajstić information content (AvgIpc) is 2.54. The number of unbranched alkanes of at least 4 members (excludes halogenated alkanes) is 1. The van der Waals surface area contributed by atoms with Gasteiger partial charge in [-0.3, -0.25) is 0 Å². The normalized spacial score (nSPS) is 12.7. The molecule has 0 saturated heterocycles. The molecule has 0 spiro atoms. The average molecular weight is 353 g/mol. The van der Waals surface area contributed by atoms with Crippen LogP contribution < -0.4 is 5.32 Å². The zero-order valence-corrected chi connectivity index (χ0v) is 12.7. The molecule has 4 heteroatoms. The van der Waals surface area contributed by atoms with E-state index in [0.717, 1.165) is 17.3 Å². The SMILES string of the molecule is C=CCCCC(NC)c1cc(Br)c(Br)s1. The van der Waals surface area contributed by atoms with Gasteiger partial charge in [0.05, 0.1) is 3.79 Å². The summed E-state index contributed by atoms with van der Waals surface area (Å²) in [4.78, 5) is 1.38. The summed E-state index contributed by atoms with van der Waals surface area (Å²) in [5.74, 6) is 0. The van der Waals surface area contributed by atoms with E-state index in [1.807, 2.05) is 13.1 Å². The molecule has 1 nitrogen and oxygen atoms in total. The minimum Gasteiger partial charge on any atom is -0.312 e. The Hall–Kier alpha value is 0.360. The fraction of sp³-hybridized carbons (Fsp3) is 0.455. The van der Waals surface area contributed by atoms with Crippen molar-refractivity contribution in [2.75, 3.05) is 7.05 Å². The lowest BCUT2D eigenvalue weighted by atomic mass is 10.1. The van der Waals surface area contributed by atoms with Crippen molar-refractivity contribution in [2.24, 2.45) is 0 Å². The van der Waals surface area contributed by atoms with Crippen LogP contribution in [0.3, 0.4) is 0 Å². The van der Waals surface area contributed by atoms with Crippen LogP contribution in [0, 0.1) is 0 Å². The Kier molecular flexibility index (Phi) is 6.12. The van der Waals surface area contributed by atoms with Crippen molar-refractivity contribution in [2.45, 2.75) is 25.3 Å². The highest BCUT2D eigenvalue weighted by Gasteiger charge is 2.13. The van der Waals surface area contributed by atoms with E-state index in [0.29, 0.717) is 6.04 Å². The van der Waals surface area contributed by atoms with Crippen LogP contribution in [-0.4, -0.2) is 7.05 Å². The highest BCUT2D eigenvalue weighted by atomic mass is 79.9. The fourth-order valence-electron chi connectivity index (χ4n) is 1.43. The van der Waals surface area contributed by atoms with E-state index < -0.39 is 0 Å². The number of thiophene rings is 1. The maximum absolute atomic E-state index is 3.74. The second-order valence-electron chi connectivity index (χ2n) is 3.33. The summed E-state index contributed by atoms with van der Waals surface area (Å²) in [5.41, 5.74) is 0. The van der Waals surface area contributed by atoms with Crippen LogP contribution in [0.1, 0.15) is 30.2 Å². The molecular weight excluding hydrogens is 338 g/mol. The summed E-state index contributed by atoms with van der Waals surface area (Å²) in [6.45, 7) is 3.74.